The van der Waals surface area contributed by atoms with Gasteiger partial charge in [-0.25, -0.2) is 0 Å². The lowest BCUT2D eigenvalue weighted by Crippen LogP contribution is -2.52. The molecule has 2 nitrogen and oxygen atoms in total. The summed E-state index contributed by atoms with van der Waals surface area (Å²) in [5.74, 6) is 3.96. The van der Waals surface area contributed by atoms with Crippen LogP contribution in [0.15, 0.2) is 42.6 Å². The number of aryl methyl sites for hydroxylation is 1. The van der Waals surface area contributed by atoms with Gasteiger partial charge in [-0.05, 0) is 91.6 Å². The molecule has 2 aromatic rings. The number of aromatic nitrogens is 1. The number of nitrogens with one attached hydrogen (secondary N) is 1. The minimum absolute atomic E-state index is 0.473. The second-order valence-corrected chi connectivity index (χ2v) is 11.1. The van der Waals surface area contributed by atoms with Crippen molar-refractivity contribution in [3.05, 3.63) is 48.2 Å². The van der Waals surface area contributed by atoms with E-state index in [1.807, 2.05) is 12.3 Å². The number of fused-ring (bicyclic) bond motifs is 6. The first-order valence-electron chi connectivity index (χ1n) is 12.1. The molecule has 1 N–H and O–H groups in total. The quantitative estimate of drug-likeness (QED) is 0.462. The molecule has 0 unspecified atom stereocenters. The number of H-pyrrole nitrogens is 1. The van der Waals surface area contributed by atoms with Crippen LogP contribution < -0.4 is 0 Å². The molecule has 2 heteroatoms. The lowest BCUT2D eigenvalue weighted by Gasteiger charge is -2.59. The van der Waals surface area contributed by atoms with Crippen molar-refractivity contribution in [3.8, 4) is 0 Å². The van der Waals surface area contributed by atoms with Crippen molar-refractivity contribution in [2.24, 2.45) is 34.5 Å². The van der Waals surface area contributed by atoms with E-state index in [1.165, 1.54) is 55.0 Å². The van der Waals surface area contributed by atoms with Gasteiger partial charge in [-0.15, -0.1) is 0 Å². The Morgan fingerprint density at radius 2 is 1.87 bits per heavy atom. The number of benzene rings is 1. The topological polar surface area (TPSA) is 32.9 Å². The lowest BCUT2D eigenvalue weighted by atomic mass is 9.45. The van der Waals surface area contributed by atoms with Gasteiger partial charge in [0.2, 0.25) is 0 Å². The number of allylic oxidation sites excluding steroid dienone is 2. The van der Waals surface area contributed by atoms with E-state index >= 15 is 0 Å². The molecular weight excluding hydrogens is 366 g/mol. The molecular formula is C28H37NO. The van der Waals surface area contributed by atoms with Crippen LogP contribution in [0.2, 0.25) is 0 Å². The smallest absolute Gasteiger partial charge is 0.133 e. The van der Waals surface area contributed by atoms with E-state index in [-0.39, 0.29) is 0 Å². The number of ketones is 1. The fourth-order valence-corrected chi connectivity index (χ4v) is 7.74. The van der Waals surface area contributed by atoms with Crippen molar-refractivity contribution >= 4 is 16.7 Å². The molecule has 4 aliphatic rings. The summed E-state index contributed by atoms with van der Waals surface area (Å²) >= 11 is 0. The van der Waals surface area contributed by atoms with Gasteiger partial charge in [-0.3, -0.25) is 4.79 Å². The largest absolute Gasteiger partial charge is 0.361 e. The number of carbonyl (C=O) groups excluding carboxylic acids is 1. The first-order chi connectivity index (χ1) is 14.4. The first-order valence-corrected chi connectivity index (χ1v) is 12.1. The number of hydrogen-bond acceptors (Lipinski definition) is 1. The predicted molar refractivity (Wildman–Crippen MR) is 124 cm³/mol. The van der Waals surface area contributed by atoms with Crippen molar-refractivity contribution in [3.63, 3.8) is 0 Å². The van der Waals surface area contributed by atoms with Crippen LogP contribution in [0.1, 0.15) is 70.8 Å². The van der Waals surface area contributed by atoms with Gasteiger partial charge in [0.05, 0.1) is 0 Å². The highest BCUT2D eigenvalue weighted by Crippen LogP contribution is 2.64. The van der Waals surface area contributed by atoms with Crippen LogP contribution in [0.25, 0.3) is 10.9 Å². The summed E-state index contributed by atoms with van der Waals surface area (Å²) in [5.41, 5.74) is 3.51. The van der Waals surface area contributed by atoms with Crippen LogP contribution in [0.4, 0.5) is 0 Å². The Balaban J connectivity index is 0.000000161. The van der Waals surface area contributed by atoms with Crippen LogP contribution in [0.3, 0.4) is 0 Å². The number of hydrogen-bond donors (Lipinski definition) is 1. The van der Waals surface area contributed by atoms with Gasteiger partial charge in [0, 0.05) is 29.9 Å². The minimum Gasteiger partial charge on any atom is -0.361 e. The summed E-state index contributed by atoms with van der Waals surface area (Å²) in [6.07, 6.45) is 16.7. The molecule has 3 fully saturated rings. The molecule has 1 aromatic carbocycles. The normalized spacial score (nSPS) is 39.6. The Hall–Kier alpha value is -1.83. The van der Waals surface area contributed by atoms with Crippen LogP contribution in [-0.2, 0) is 4.79 Å². The molecule has 160 valence electrons. The van der Waals surface area contributed by atoms with E-state index in [2.05, 4.69) is 56.1 Å². The molecule has 1 aromatic heterocycles. The zero-order chi connectivity index (χ0) is 20.9. The Bertz CT molecular complexity index is 970. The second kappa shape index (κ2) is 7.39. The van der Waals surface area contributed by atoms with Gasteiger partial charge in [-0.1, -0.05) is 44.2 Å². The summed E-state index contributed by atoms with van der Waals surface area (Å²) in [6, 6.07) is 8.31. The van der Waals surface area contributed by atoms with E-state index in [1.54, 1.807) is 0 Å². The third-order valence-corrected chi connectivity index (χ3v) is 9.60. The van der Waals surface area contributed by atoms with E-state index in [0.717, 1.165) is 30.6 Å². The van der Waals surface area contributed by atoms with Gasteiger partial charge in [0.1, 0.15) is 5.78 Å². The third kappa shape index (κ3) is 3.18. The molecule has 30 heavy (non-hydrogen) atoms. The minimum atomic E-state index is 0.473. The van der Waals surface area contributed by atoms with Crippen molar-refractivity contribution < 1.29 is 4.79 Å². The fraction of sp³-hybridized carbons (Fsp3) is 0.607. The maximum atomic E-state index is 11.8. The molecule has 4 aliphatic carbocycles. The first kappa shape index (κ1) is 20.1. The van der Waals surface area contributed by atoms with E-state index < -0.39 is 0 Å². The van der Waals surface area contributed by atoms with Crippen LogP contribution in [0.5, 0.6) is 0 Å². The van der Waals surface area contributed by atoms with Crippen LogP contribution in [-0.4, -0.2) is 10.8 Å². The third-order valence-electron chi connectivity index (χ3n) is 9.60. The van der Waals surface area contributed by atoms with E-state index in [4.69, 9.17) is 0 Å². The Kier molecular flexibility index (Phi) is 4.95. The molecule has 0 aliphatic heterocycles. The maximum absolute atomic E-state index is 11.8. The summed E-state index contributed by atoms with van der Waals surface area (Å²) < 4.78 is 0. The molecule has 0 radical (unpaired) electrons. The van der Waals surface area contributed by atoms with Gasteiger partial charge in [-0.2, -0.15) is 0 Å². The van der Waals surface area contributed by atoms with E-state index in [9.17, 15) is 4.79 Å². The highest BCUT2D eigenvalue weighted by atomic mass is 16.1. The van der Waals surface area contributed by atoms with E-state index in [0.29, 0.717) is 22.5 Å². The molecule has 6 atom stereocenters. The second-order valence-electron chi connectivity index (χ2n) is 11.1. The molecule has 1 heterocycles. The molecule has 0 spiro atoms. The van der Waals surface area contributed by atoms with Crippen LogP contribution >= 0.6 is 0 Å². The molecule has 0 saturated heterocycles. The molecule has 0 amide bonds. The number of carbonyl (C=O) groups is 1. The van der Waals surface area contributed by atoms with Gasteiger partial charge >= 0.3 is 0 Å². The Labute approximate surface area is 181 Å². The Morgan fingerprint density at radius 3 is 2.70 bits per heavy atom. The zero-order valence-corrected chi connectivity index (χ0v) is 18.9. The summed E-state index contributed by atoms with van der Waals surface area (Å²) in [5, 5.41) is 1.32. The predicted octanol–water partition coefficient (Wildman–Crippen LogP) is 7.24. The summed E-state index contributed by atoms with van der Waals surface area (Å²) in [4.78, 5) is 15.0. The number of rotatable bonds is 0. The molecule has 0 bridgehead atoms. The maximum Gasteiger partial charge on any atom is 0.133 e. The van der Waals surface area contributed by atoms with Crippen molar-refractivity contribution in [1.29, 1.82) is 0 Å². The van der Waals surface area contributed by atoms with Gasteiger partial charge in [0.25, 0.3) is 0 Å². The standard InChI is InChI=1S/C19H28O.C9H9N/c1-18-9-3-4-16(18)15-6-5-13-12-14(20)7-11-19(13,2)17(15)8-10-18;1-7-6-10-9-5-3-2-4-8(7)9/h3,9,13,15-17H,4-8,10-12H2,1-2H3;2-6,10H,1H3/t13-,15-,16-,17-,18-,19-;/m0./s1. The van der Waals surface area contributed by atoms with Crippen molar-refractivity contribution in [2.45, 2.75) is 72.1 Å². The summed E-state index contributed by atoms with van der Waals surface area (Å²) in [6.45, 7) is 7.14. The highest BCUT2D eigenvalue weighted by molar-refractivity contribution is 5.82. The van der Waals surface area contributed by atoms with Crippen molar-refractivity contribution in [1.82, 2.24) is 4.98 Å². The highest BCUT2D eigenvalue weighted by Gasteiger charge is 2.56. The van der Waals surface area contributed by atoms with Crippen LogP contribution in [0, 0.1) is 41.4 Å². The molecule has 6 rings (SSSR count). The van der Waals surface area contributed by atoms with Crippen molar-refractivity contribution in [2.75, 3.05) is 0 Å². The SMILES string of the molecule is C[C@]12CCC(=O)C[C@@H]1CC[C@@H]1[C@@H]2CC[C@]2(C)C=CC[C@@H]12.Cc1c[nH]c2ccccc12. The summed E-state index contributed by atoms with van der Waals surface area (Å²) in [7, 11) is 0. The van der Waals surface area contributed by atoms with Gasteiger partial charge in [0.15, 0.2) is 0 Å². The lowest BCUT2D eigenvalue weighted by molar-refractivity contribution is -0.136. The monoisotopic (exact) mass is 403 g/mol. The number of Topliss-reactive ketones (excluding diaryl/α,β-unsaturated/α-hetero) is 1. The van der Waals surface area contributed by atoms with Gasteiger partial charge < -0.3 is 4.98 Å². The fourth-order valence-electron chi connectivity index (χ4n) is 7.74. The number of aromatic amines is 1. The zero-order valence-electron chi connectivity index (χ0n) is 18.9. The molecule has 3 saturated carbocycles. The Morgan fingerprint density at radius 1 is 1.03 bits per heavy atom. The average molecular weight is 404 g/mol. The number of para-hydroxylation sites is 1. The average Bonchev–Trinajstić information content (AvgIpc) is 3.32.